The predicted octanol–water partition coefficient (Wildman–Crippen LogP) is 4.23. The topological polar surface area (TPSA) is 12.0 Å². The van der Waals surface area contributed by atoms with Crippen LogP contribution in [0.4, 0.5) is 0 Å². The van der Waals surface area contributed by atoms with Gasteiger partial charge in [0.2, 0.25) is 0 Å². The van der Waals surface area contributed by atoms with Crippen molar-refractivity contribution in [3.8, 4) is 11.1 Å². The summed E-state index contributed by atoms with van der Waals surface area (Å²) in [4.78, 5) is 0. The second-order valence-corrected chi connectivity index (χ2v) is 6.85. The fraction of sp³-hybridized carbons (Fsp3) is 0.429. The first kappa shape index (κ1) is 14.0. The Balaban J connectivity index is 1.97. The van der Waals surface area contributed by atoms with E-state index in [9.17, 15) is 0 Å². The van der Waals surface area contributed by atoms with Crippen LogP contribution in [0.2, 0.25) is 0 Å². The molecule has 0 radical (unpaired) electrons. The Morgan fingerprint density at radius 1 is 0.818 bits per heavy atom. The van der Waals surface area contributed by atoms with Gasteiger partial charge in [0.05, 0.1) is 0 Å². The van der Waals surface area contributed by atoms with Crippen LogP contribution in [-0.4, -0.2) is 13.1 Å². The Kier molecular flexibility index (Phi) is 3.75. The molecular formula is C21H25N. The molecule has 1 heterocycles. The first-order chi connectivity index (χ1) is 10.8. The number of benzene rings is 2. The smallest absolute Gasteiger partial charge is 0.000790 e. The average Bonchev–Trinajstić information content (AvgIpc) is 2.77. The molecule has 0 atom stereocenters. The molecule has 22 heavy (non-hydrogen) atoms. The van der Waals surface area contributed by atoms with Gasteiger partial charge < -0.3 is 5.32 Å². The van der Waals surface area contributed by atoms with Crippen molar-refractivity contribution in [1.82, 2.24) is 5.32 Å². The maximum Gasteiger partial charge on any atom is -0.000790 e. The van der Waals surface area contributed by atoms with Crippen LogP contribution in [0.1, 0.15) is 40.7 Å². The second-order valence-electron chi connectivity index (χ2n) is 6.85. The summed E-state index contributed by atoms with van der Waals surface area (Å²) < 4.78 is 0. The van der Waals surface area contributed by atoms with E-state index in [0.29, 0.717) is 0 Å². The lowest BCUT2D eigenvalue weighted by molar-refractivity contribution is 0.684. The van der Waals surface area contributed by atoms with Crippen LogP contribution in [0.15, 0.2) is 30.3 Å². The van der Waals surface area contributed by atoms with Crippen molar-refractivity contribution in [3.05, 3.63) is 58.1 Å². The summed E-state index contributed by atoms with van der Waals surface area (Å²) in [6.07, 6.45) is 7.60. The van der Waals surface area contributed by atoms with Crippen molar-refractivity contribution in [1.29, 1.82) is 0 Å². The minimum absolute atomic E-state index is 1.12. The highest BCUT2D eigenvalue weighted by atomic mass is 14.8. The molecule has 2 aliphatic rings. The minimum Gasteiger partial charge on any atom is -0.316 e. The molecule has 1 heteroatoms. The van der Waals surface area contributed by atoms with Crippen molar-refractivity contribution in [2.45, 2.75) is 45.4 Å². The predicted molar refractivity (Wildman–Crippen MR) is 93.5 cm³/mol. The monoisotopic (exact) mass is 291 g/mol. The average molecular weight is 291 g/mol. The number of fused-ring (bicyclic) bond motifs is 2. The molecule has 1 nitrogen and oxygen atoms in total. The van der Waals surface area contributed by atoms with Crippen molar-refractivity contribution in [2.75, 3.05) is 13.1 Å². The maximum absolute atomic E-state index is 3.57. The van der Waals surface area contributed by atoms with E-state index in [-0.39, 0.29) is 0 Å². The van der Waals surface area contributed by atoms with Gasteiger partial charge in [0.15, 0.2) is 0 Å². The molecule has 0 amide bonds. The first-order valence-electron chi connectivity index (χ1n) is 8.77. The highest BCUT2D eigenvalue weighted by Crippen LogP contribution is 2.37. The maximum atomic E-state index is 3.57. The summed E-state index contributed by atoms with van der Waals surface area (Å²) in [6.45, 7) is 4.45. The molecule has 0 saturated heterocycles. The molecule has 1 aliphatic heterocycles. The summed E-state index contributed by atoms with van der Waals surface area (Å²) in [6, 6.07) is 11.7. The summed E-state index contributed by atoms with van der Waals surface area (Å²) >= 11 is 0. The third-order valence-corrected chi connectivity index (χ3v) is 5.28. The molecule has 114 valence electrons. The number of rotatable bonds is 1. The fourth-order valence-corrected chi connectivity index (χ4v) is 4.23. The van der Waals surface area contributed by atoms with E-state index >= 15 is 0 Å². The van der Waals surface area contributed by atoms with Crippen LogP contribution in [0.3, 0.4) is 0 Å². The number of hydrogen-bond donors (Lipinski definition) is 1. The summed E-state index contributed by atoms with van der Waals surface area (Å²) in [5, 5.41) is 3.57. The van der Waals surface area contributed by atoms with Crippen molar-refractivity contribution in [3.63, 3.8) is 0 Å². The standard InChI is InChI=1S/C21H25N/c1-15-5-4-7-18(13-15)21-19-8-3-2-6-16(19)14-17-9-11-22-12-10-20(17)21/h4-5,7,13-14,22H,2-3,6,8-12H2,1H3. The lowest BCUT2D eigenvalue weighted by Crippen LogP contribution is -2.16. The first-order valence-corrected chi connectivity index (χ1v) is 8.77. The van der Waals surface area contributed by atoms with E-state index < -0.39 is 0 Å². The minimum atomic E-state index is 1.12. The summed E-state index contributed by atoms with van der Waals surface area (Å²) in [5.74, 6) is 0. The van der Waals surface area contributed by atoms with Gasteiger partial charge in [-0.3, -0.25) is 0 Å². The molecule has 0 fully saturated rings. The van der Waals surface area contributed by atoms with Crippen LogP contribution in [-0.2, 0) is 25.7 Å². The van der Waals surface area contributed by atoms with Crippen LogP contribution >= 0.6 is 0 Å². The van der Waals surface area contributed by atoms with E-state index in [1.165, 1.54) is 49.7 Å². The van der Waals surface area contributed by atoms with Gasteiger partial charge in [-0.05, 0) is 91.9 Å². The molecule has 2 aromatic rings. The zero-order valence-electron chi connectivity index (χ0n) is 13.5. The van der Waals surface area contributed by atoms with Crippen LogP contribution in [0.25, 0.3) is 11.1 Å². The molecule has 2 aromatic carbocycles. The largest absolute Gasteiger partial charge is 0.316 e. The van der Waals surface area contributed by atoms with Crippen molar-refractivity contribution < 1.29 is 0 Å². The summed E-state index contributed by atoms with van der Waals surface area (Å²) in [7, 11) is 0. The molecule has 0 unspecified atom stereocenters. The molecule has 0 aromatic heterocycles. The third-order valence-electron chi connectivity index (χ3n) is 5.28. The molecular weight excluding hydrogens is 266 g/mol. The quantitative estimate of drug-likeness (QED) is 0.829. The third kappa shape index (κ3) is 2.48. The second kappa shape index (κ2) is 5.89. The Morgan fingerprint density at radius 2 is 1.59 bits per heavy atom. The van der Waals surface area contributed by atoms with E-state index in [4.69, 9.17) is 0 Å². The van der Waals surface area contributed by atoms with E-state index in [1.807, 2.05) is 0 Å². The lowest BCUT2D eigenvalue weighted by atomic mass is 9.80. The van der Waals surface area contributed by atoms with Gasteiger partial charge >= 0.3 is 0 Å². The number of aryl methyl sites for hydroxylation is 2. The lowest BCUT2D eigenvalue weighted by Gasteiger charge is -2.25. The number of nitrogens with one attached hydrogen (secondary N) is 1. The van der Waals surface area contributed by atoms with Crippen LogP contribution < -0.4 is 5.32 Å². The molecule has 1 aliphatic carbocycles. The Hall–Kier alpha value is -1.60. The molecule has 1 N–H and O–H groups in total. The van der Waals surface area contributed by atoms with Gasteiger partial charge in [-0.15, -0.1) is 0 Å². The molecule has 0 spiro atoms. The van der Waals surface area contributed by atoms with E-state index in [0.717, 1.165) is 13.1 Å². The Labute approximate surface area is 133 Å². The van der Waals surface area contributed by atoms with E-state index in [2.05, 4.69) is 42.6 Å². The van der Waals surface area contributed by atoms with Gasteiger partial charge in [-0.1, -0.05) is 35.9 Å². The SMILES string of the molecule is Cc1cccc(-c2c3c(cc4c2CCNCC4)CCCC3)c1. The van der Waals surface area contributed by atoms with Gasteiger partial charge in [0, 0.05) is 0 Å². The highest BCUT2D eigenvalue weighted by molar-refractivity contribution is 5.75. The van der Waals surface area contributed by atoms with Gasteiger partial charge in [0.1, 0.15) is 0 Å². The Morgan fingerprint density at radius 3 is 2.50 bits per heavy atom. The zero-order valence-corrected chi connectivity index (χ0v) is 13.5. The number of hydrogen-bond acceptors (Lipinski definition) is 1. The van der Waals surface area contributed by atoms with Crippen LogP contribution in [0.5, 0.6) is 0 Å². The Bertz CT molecular complexity index is 699. The molecule has 4 rings (SSSR count). The fourth-order valence-electron chi connectivity index (χ4n) is 4.23. The molecule has 0 saturated carbocycles. The van der Waals surface area contributed by atoms with Crippen LogP contribution in [0, 0.1) is 6.92 Å². The van der Waals surface area contributed by atoms with Gasteiger partial charge in [-0.25, -0.2) is 0 Å². The zero-order chi connectivity index (χ0) is 14.9. The van der Waals surface area contributed by atoms with Gasteiger partial charge in [-0.2, -0.15) is 0 Å². The normalized spacial score (nSPS) is 17.5. The van der Waals surface area contributed by atoms with Crippen molar-refractivity contribution in [2.24, 2.45) is 0 Å². The van der Waals surface area contributed by atoms with Gasteiger partial charge in [0.25, 0.3) is 0 Å². The van der Waals surface area contributed by atoms with E-state index in [1.54, 1.807) is 27.8 Å². The summed E-state index contributed by atoms with van der Waals surface area (Å²) in [5.41, 5.74) is 10.9. The molecule has 0 bridgehead atoms. The van der Waals surface area contributed by atoms with Crippen molar-refractivity contribution >= 4 is 0 Å². The highest BCUT2D eigenvalue weighted by Gasteiger charge is 2.22.